The van der Waals surface area contributed by atoms with Crippen LogP contribution in [0.5, 0.6) is 0 Å². The molecule has 0 unspecified atom stereocenters. The number of allylic oxidation sites excluding steroid dienone is 2. The molecular weight excluding hydrogens is 256 g/mol. The largest absolute Gasteiger partial charge is 0.218 e. The highest BCUT2D eigenvalue weighted by molar-refractivity contribution is 7.92. The van der Waals surface area contributed by atoms with Crippen molar-refractivity contribution in [3.05, 3.63) is 67.3 Å². The van der Waals surface area contributed by atoms with E-state index in [0.29, 0.717) is 15.4 Å². The Bertz CT molecular complexity index is 814. The third-order valence-electron chi connectivity index (χ3n) is 3.36. The molecule has 0 fully saturated rings. The lowest BCUT2D eigenvalue weighted by Gasteiger charge is -2.04. The SMILES string of the molecule is C=CC(=C)c1ccc2c(c1)S(=O)(=O)c1ccccc1-2. The molecule has 0 spiro atoms. The second kappa shape index (κ2) is 3.93. The number of rotatable bonds is 2. The van der Waals surface area contributed by atoms with Gasteiger partial charge in [-0.2, -0.15) is 0 Å². The van der Waals surface area contributed by atoms with Crippen molar-refractivity contribution in [1.82, 2.24) is 0 Å². The van der Waals surface area contributed by atoms with Crippen molar-refractivity contribution >= 4 is 15.4 Å². The van der Waals surface area contributed by atoms with Crippen LogP contribution in [0.4, 0.5) is 0 Å². The molecule has 2 nitrogen and oxygen atoms in total. The predicted octanol–water partition coefficient (Wildman–Crippen LogP) is 3.70. The van der Waals surface area contributed by atoms with Gasteiger partial charge in [-0.1, -0.05) is 49.6 Å². The summed E-state index contributed by atoms with van der Waals surface area (Å²) in [5.41, 5.74) is 3.03. The van der Waals surface area contributed by atoms with Crippen LogP contribution in [0.15, 0.2) is 71.5 Å². The predicted molar refractivity (Wildman–Crippen MR) is 76.6 cm³/mol. The fourth-order valence-corrected chi connectivity index (χ4v) is 4.04. The summed E-state index contributed by atoms with van der Waals surface area (Å²) >= 11 is 0. The molecule has 0 radical (unpaired) electrons. The number of fused-ring (bicyclic) bond motifs is 3. The van der Waals surface area contributed by atoms with Crippen molar-refractivity contribution in [2.75, 3.05) is 0 Å². The average Bonchev–Trinajstić information content (AvgIpc) is 2.67. The van der Waals surface area contributed by atoms with Crippen molar-refractivity contribution in [3.63, 3.8) is 0 Å². The van der Waals surface area contributed by atoms with E-state index in [1.54, 1.807) is 24.3 Å². The van der Waals surface area contributed by atoms with Crippen molar-refractivity contribution in [1.29, 1.82) is 0 Å². The lowest BCUT2D eigenvalue weighted by atomic mass is 10.0. The summed E-state index contributed by atoms with van der Waals surface area (Å²) in [6, 6.07) is 12.5. The minimum atomic E-state index is -3.40. The van der Waals surface area contributed by atoms with E-state index in [0.717, 1.165) is 16.7 Å². The Morgan fingerprint density at radius 3 is 2.42 bits per heavy atom. The number of benzene rings is 2. The van der Waals surface area contributed by atoms with Gasteiger partial charge in [-0.3, -0.25) is 0 Å². The topological polar surface area (TPSA) is 34.1 Å². The normalized spacial score (nSPS) is 14.5. The summed E-state index contributed by atoms with van der Waals surface area (Å²) in [7, 11) is -3.40. The standard InChI is InChI=1S/C16H12O2S/c1-3-11(2)12-8-9-14-13-6-4-5-7-15(13)19(17,18)16(14)10-12/h3-10H,1-2H2. The molecule has 0 bridgehead atoms. The lowest BCUT2D eigenvalue weighted by Crippen LogP contribution is -1.97. The first kappa shape index (κ1) is 11.9. The van der Waals surface area contributed by atoms with Crippen molar-refractivity contribution in [2.24, 2.45) is 0 Å². The molecule has 2 aromatic carbocycles. The van der Waals surface area contributed by atoms with Crippen LogP contribution >= 0.6 is 0 Å². The Labute approximate surface area is 112 Å². The molecule has 1 aliphatic rings. The first-order chi connectivity index (χ1) is 9.05. The van der Waals surface area contributed by atoms with Gasteiger partial charge in [0.25, 0.3) is 0 Å². The molecule has 1 aliphatic heterocycles. The van der Waals surface area contributed by atoms with Gasteiger partial charge < -0.3 is 0 Å². The van der Waals surface area contributed by atoms with E-state index < -0.39 is 9.84 Å². The van der Waals surface area contributed by atoms with Crippen LogP contribution in [0, 0.1) is 0 Å². The maximum Gasteiger partial charge on any atom is 0.207 e. The van der Waals surface area contributed by atoms with E-state index in [-0.39, 0.29) is 0 Å². The van der Waals surface area contributed by atoms with Gasteiger partial charge in [0.05, 0.1) is 9.79 Å². The van der Waals surface area contributed by atoms with Gasteiger partial charge in [0.15, 0.2) is 0 Å². The third-order valence-corrected chi connectivity index (χ3v) is 5.21. The fourth-order valence-electron chi connectivity index (χ4n) is 2.33. The molecule has 3 rings (SSSR count). The van der Waals surface area contributed by atoms with Crippen molar-refractivity contribution in [3.8, 4) is 11.1 Å². The lowest BCUT2D eigenvalue weighted by molar-refractivity contribution is 0.598. The van der Waals surface area contributed by atoms with Crippen LogP contribution in [0.3, 0.4) is 0 Å². The fraction of sp³-hybridized carbons (Fsp3) is 0. The second-order valence-electron chi connectivity index (χ2n) is 4.44. The molecule has 0 aromatic heterocycles. The molecule has 19 heavy (non-hydrogen) atoms. The zero-order valence-corrected chi connectivity index (χ0v) is 11.1. The molecule has 0 saturated heterocycles. The van der Waals surface area contributed by atoms with Crippen molar-refractivity contribution in [2.45, 2.75) is 9.79 Å². The summed E-state index contributed by atoms with van der Waals surface area (Å²) in [6.45, 7) is 7.51. The van der Waals surface area contributed by atoms with Gasteiger partial charge in [-0.15, -0.1) is 0 Å². The Balaban J connectivity index is 2.33. The number of hydrogen-bond acceptors (Lipinski definition) is 2. The van der Waals surface area contributed by atoms with Gasteiger partial charge in [0, 0.05) is 11.1 Å². The molecule has 0 saturated carbocycles. The Morgan fingerprint density at radius 2 is 1.68 bits per heavy atom. The highest BCUT2D eigenvalue weighted by Crippen LogP contribution is 2.43. The van der Waals surface area contributed by atoms with Crippen LogP contribution < -0.4 is 0 Å². The summed E-state index contributed by atoms with van der Waals surface area (Å²) in [6.07, 6.45) is 1.62. The molecule has 0 amide bonds. The molecule has 94 valence electrons. The summed E-state index contributed by atoms with van der Waals surface area (Å²) < 4.78 is 25.0. The highest BCUT2D eigenvalue weighted by atomic mass is 32.2. The minimum Gasteiger partial charge on any atom is -0.218 e. The first-order valence-corrected chi connectivity index (χ1v) is 7.34. The molecule has 2 aromatic rings. The third kappa shape index (κ3) is 1.59. The van der Waals surface area contributed by atoms with Gasteiger partial charge >= 0.3 is 0 Å². The monoisotopic (exact) mass is 268 g/mol. The van der Waals surface area contributed by atoms with E-state index >= 15 is 0 Å². The molecule has 3 heteroatoms. The number of sulfone groups is 1. The highest BCUT2D eigenvalue weighted by Gasteiger charge is 2.32. The summed E-state index contributed by atoms with van der Waals surface area (Å²) in [5.74, 6) is 0. The van der Waals surface area contributed by atoms with E-state index in [1.165, 1.54) is 0 Å². The summed E-state index contributed by atoms with van der Waals surface area (Å²) in [4.78, 5) is 0.737. The van der Waals surface area contributed by atoms with E-state index in [4.69, 9.17) is 0 Å². The molecule has 0 N–H and O–H groups in total. The molecular formula is C16H12O2S. The van der Waals surface area contributed by atoms with Crippen LogP contribution in [0.2, 0.25) is 0 Å². The molecule has 0 atom stereocenters. The van der Waals surface area contributed by atoms with Gasteiger partial charge in [0.1, 0.15) is 0 Å². The van der Waals surface area contributed by atoms with Crippen LogP contribution in [0.25, 0.3) is 16.7 Å². The smallest absolute Gasteiger partial charge is 0.207 e. The van der Waals surface area contributed by atoms with E-state index in [2.05, 4.69) is 13.2 Å². The van der Waals surface area contributed by atoms with Gasteiger partial charge in [-0.25, -0.2) is 8.42 Å². The quantitative estimate of drug-likeness (QED) is 0.664. The van der Waals surface area contributed by atoms with Crippen LogP contribution in [0.1, 0.15) is 5.56 Å². The van der Waals surface area contributed by atoms with Gasteiger partial charge in [-0.05, 0) is 23.3 Å². The second-order valence-corrected chi connectivity index (χ2v) is 6.33. The van der Waals surface area contributed by atoms with E-state index in [9.17, 15) is 8.42 Å². The maximum absolute atomic E-state index is 12.5. The van der Waals surface area contributed by atoms with E-state index in [1.807, 2.05) is 24.3 Å². The average molecular weight is 268 g/mol. The minimum absolute atomic E-state index is 0.356. The van der Waals surface area contributed by atoms with Crippen molar-refractivity contribution < 1.29 is 8.42 Å². The maximum atomic E-state index is 12.5. The Morgan fingerprint density at radius 1 is 1.00 bits per heavy atom. The Hall–Kier alpha value is -2.13. The molecule has 1 heterocycles. The zero-order chi connectivity index (χ0) is 13.6. The van der Waals surface area contributed by atoms with Crippen LogP contribution in [-0.4, -0.2) is 8.42 Å². The zero-order valence-electron chi connectivity index (χ0n) is 10.3. The Kier molecular flexibility index (Phi) is 2.47. The summed E-state index contributed by atoms with van der Waals surface area (Å²) in [5, 5.41) is 0. The molecule has 0 aliphatic carbocycles. The number of hydrogen-bond donors (Lipinski definition) is 0. The first-order valence-electron chi connectivity index (χ1n) is 5.86. The van der Waals surface area contributed by atoms with Crippen LogP contribution in [-0.2, 0) is 9.84 Å². The van der Waals surface area contributed by atoms with Gasteiger partial charge in [0.2, 0.25) is 9.84 Å².